The first-order valence-corrected chi connectivity index (χ1v) is 7.01. The van der Waals surface area contributed by atoms with Crippen LogP contribution in [0.15, 0.2) is 0 Å². The van der Waals surface area contributed by atoms with Crippen molar-refractivity contribution in [2.75, 3.05) is 18.0 Å². The first kappa shape index (κ1) is 12.4. The van der Waals surface area contributed by atoms with E-state index in [1.54, 1.807) is 4.68 Å². The lowest BCUT2D eigenvalue weighted by Gasteiger charge is -2.38. The maximum atomic E-state index is 11.3. The minimum Gasteiger partial charge on any atom is -0.351 e. The Morgan fingerprint density at radius 3 is 2.63 bits per heavy atom. The second kappa shape index (κ2) is 4.21. The molecular weight excluding hydrogens is 244 g/mol. The average Bonchev–Trinajstić information content (AvgIpc) is 2.88. The van der Waals surface area contributed by atoms with Crippen molar-refractivity contribution in [1.82, 2.24) is 9.78 Å². The Balaban J connectivity index is 1.96. The van der Waals surface area contributed by atoms with E-state index < -0.39 is 0 Å². The van der Waals surface area contributed by atoms with Gasteiger partial charge in [-0.15, -0.1) is 0 Å². The molecule has 1 aromatic heterocycles. The summed E-state index contributed by atoms with van der Waals surface area (Å²) in [6, 6.07) is 0. The predicted octanol–water partition coefficient (Wildman–Crippen LogP) is 2.27. The van der Waals surface area contributed by atoms with E-state index in [0.29, 0.717) is 23.3 Å². The van der Waals surface area contributed by atoms with Crippen molar-refractivity contribution in [3.63, 3.8) is 0 Å². The van der Waals surface area contributed by atoms with Crippen LogP contribution < -0.4 is 4.90 Å². The Kier molecular flexibility index (Phi) is 2.76. The van der Waals surface area contributed by atoms with Crippen molar-refractivity contribution in [3.05, 3.63) is 15.8 Å². The van der Waals surface area contributed by atoms with Gasteiger partial charge >= 0.3 is 5.69 Å². The molecule has 0 N–H and O–H groups in total. The molecule has 1 saturated heterocycles. The molecule has 1 aliphatic heterocycles. The minimum atomic E-state index is -0.271. The van der Waals surface area contributed by atoms with E-state index >= 15 is 0 Å². The van der Waals surface area contributed by atoms with Gasteiger partial charge in [-0.25, -0.2) is 4.68 Å². The van der Waals surface area contributed by atoms with Gasteiger partial charge in [-0.2, -0.15) is 5.10 Å². The zero-order valence-electron chi connectivity index (χ0n) is 11.6. The fourth-order valence-corrected chi connectivity index (χ4v) is 3.54. The van der Waals surface area contributed by atoms with E-state index in [9.17, 15) is 10.1 Å². The van der Waals surface area contributed by atoms with Crippen LogP contribution in [-0.2, 0) is 13.5 Å². The Morgan fingerprint density at radius 1 is 1.42 bits per heavy atom. The first-order chi connectivity index (χ1) is 9.06. The van der Waals surface area contributed by atoms with Crippen molar-refractivity contribution in [2.24, 2.45) is 12.5 Å². The predicted molar refractivity (Wildman–Crippen MR) is 72.4 cm³/mol. The molecular formula is C13H20N4O2. The first-order valence-electron chi connectivity index (χ1n) is 7.01. The molecule has 1 spiro atoms. The SMILES string of the molecule is CCc1nn(C)c(N2CCC3(CCC3)C2)c1[N+](=O)[O-]. The van der Waals surface area contributed by atoms with Crippen molar-refractivity contribution in [1.29, 1.82) is 0 Å². The van der Waals surface area contributed by atoms with Gasteiger partial charge in [-0.1, -0.05) is 13.3 Å². The second-order valence-corrected chi connectivity index (χ2v) is 5.88. The molecule has 0 bridgehead atoms. The third-order valence-corrected chi connectivity index (χ3v) is 4.73. The fraction of sp³-hybridized carbons (Fsp3) is 0.769. The van der Waals surface area contributed by atoms with Crippen LogP contribution in [0.3, 0.4) is 0 Å². The fourth-order valence-electron chi connectivity index (χ4n) is 3.54. The topological polar surface area (TPSA) is 64.2 Å². The smallest absolute Gasteiger partial charge is 0.334 e. The minimum absolute atomic E-state index is 0.210. The highest BCUT2D eigenvalue weighted by Gasteiger charge is 2.45. The van der Waals surface area contributed by atoms with Gasteiger partial charge in [-0.05, 0) is 31.1 Å². The third kappa shape index (κ3) is 1.81. The van der Waals surface area contributed by atoms with Crippen molar-refractivity contribution in [2.45, 2.75) is 39.0 Å². The second-order valence-electron chi connectivity index (χ2n) is 5.88. The number of anilines is 1. The molecule has 1 saturated carbocycles. The molecule has 1 aliphatic carbocycles. The molecule has 1 aromatic rings. The van der Waals surface area contributed by atoms with Crippen LogP contribution in [0.5, 0.6) is 0 Å². The summed E-state index contributed by atoms with van der Waals surface area (Å²) in [7, 11) is 1.81. The van der Waals surface area contributed by atoms with Crippen molar-refractivity contribution < 1.29 is 4.92 Å². The molecule has 0 amide bonds. The van der Waals surface area contributed by atoms with Gasteiger partial charge in [0.05, 0.1) is 4.92 Å². The van der Waals surface area contributed by atoms with Gasteiger partial charge in [0.1, 0.15) is 5.69 Å². The standard InChI is InChI=1S/C13H20N4O2/c1-3-10-11(17(18)19)12(15(2)14-10)16-8-7-13(9-16)5-4-6-13/h3-9H2,1-2H3. The number of rotatable bonds is 3. The van der Waals surface area contributed by atoms with Crippen LogP contribution in [0, 0.1) is 15.5 Å². The van der Waals surface area contributed by atoms with Gasteiger partial charge in [-0.3, -0.25) is 10.1 Å². The zero-order valence-corrected chi connectivity index (χ0v) is 11.6. The zero-order chi connectivity index (χ0) is 13.6. The summed E-state index contributed by atoms with van der Waals surface area (Å²) in [5.74, 6) is 0.700. The number of aryl methyl sites for hydroxylation is 2. The van der Waals surface area contributed by atoms with Crippen LogP contribution in [0.1, 0.15) is 38.3 Å². The van der Waals surface area contributed by atoms with Gasteiger partial charge in [0, 0.05) is 20.1 Å². The lowest BCUT2D eigenvalue weighted by molar-refractivity contribution is -0.384. The summed E-state index contributed by atoms with van der Waals surface area (Å²) in [6.07, 6.45) is 5.62. The molecule has 0 atom stereocenters. The Bertz CT molecular complexity index is 519. The monoisotopic (exact) mass is 264 g/mol. The maximum absolute atomic E-state index is 11.3. The summed E-state index contributed by atoms with van der Waals surface area (Å²) >= 11 is 0. The van der Waals surface area contributed by atoms with E-state index in [1.165, 1.54) is 19.3 Å². The van der Waals surface area contributed by atoms with Crippen LogP contribution in [0.2, 0.25) is 0 Å². The highest BCUT2D eigenvalue weighted by molar-refractivity contribution is 5.62. The Hall–Kier alpha value is -1.59. The number of aromatic nitrogens is 2. The molecule has 0 unspecified atom stereocenters. The van der Waals surface area contributed by atoms with Crippen molar-refractivity contribution in [3.8, 4) is 0 Å². The molecule has 2 fully saturated rings. The molecule has 2 heterocycles. The average molecular weight is 264 g/mol. The number of hydrogen-bond donors (Lipinski definition) is 0. The van der Waals surface area contributed by atoms with E-state index in [0.717, 1.165) is 19.5 Å². The lowest BCUT2D eigenvalue weighted by atomic mass is 9.68. The van der Waals surface area contributed by atoms with Crippen LogP contribution >= 0.6 is 0 Å². The molecule has 19 heavy (non-hydrogen) atoms. The molecule has 6 nitrogen and oxygen atoms in total. The van der Waals surface area contributed by atoms with Crippen LogP contribution in [-0.4, -0.2) is 27.8 Å². The summed E-state index contributed by atoms with van der Waals surface area (Å²) in [4.78, 5) is 13.2. The van der Waals surface area contributed by atoms with Crippen molar-refractivity contribution >= 4 is 11.5 Å². The van der Waals surface area contributed by atoms with Gasteiger partial charge in [0.15, 0.2) is 0 Å². The third-order valence-electron chi connectivity index (χ3n) is 4.73. The Labute approximate surface area is 112 Å². The highest BCUT2D eigenvalue weighted by Crippen LogP contribution is 2.50. The molecule has 104 valence electrons. The van der Waals surface area contributed by atoms with E-state index in [1.807, 2.05) is 14.0 Å². The number of nitrogens with zero attached hydrogens (tertiary/aromatic N) is 4. The maximum Gasteiger partial charge on any atom is 0.334 e. The molecule has 3 rings (SSSR count). The van der Waals surface area contributed by atoms with Gasteiger partial charge < -0.3 is 4.90 Å². The van der Waals surface area contributed by atoms with E-state index in [4.69, 9.17) is 0 Å². The molecule has 0 aromatic carbocycles. The summed E-state index contributed by atoms with van der Waals surface area (Å²) in [6.45, 7) is 3.79. The molecule has 0 radical (unpaired) electrons. The van der Waals surface area contributed by atoms with Crippen LogP contribution in [0.4, 0.5) is 11.5 Å². The number of nitro groups is 1. The Morgan fingerprint density at radius 2 is 2.16 bits per heavy atom. The van der Waals surface area contributed by atoms with Gasteiger partial charge in [0.2, 0.25) is 5.82 Å². The summed E-state index contributed by atoms with van der Waals surface area (Å²) < 4.78 is 1.69. The lowest BCUT2D eigenvalue weighted by Crippen LogP contribution is -2.33. The van der Waals surface area contributed by atoms with Crippen LogP contribution in [0.25, 0.3) is 0 Å². The quantitative estimate of drug-likeness (QED) is 0.620. The summed E-state index contributed by atoms with van der Waals surface area (Å²) in [5.41, 5.74) is 1.24. The molecule has 6 heteroatoms. The van der Waals surface area contributed by atoms with Gasteiger partial charge in [0.25, 0.3) is 0 Å². The highest BCUT2D eigenvalue weighted by atomic mass is 16.6. The summed E-state index contributed by atoms with van der Waals surface area (Å²) in [5, 5.41) is 15.7. The normalized spacial score (nSPS) is 20.8. The van der Waals surface area contributed by atoms with E-state index in [-0.39, 0.29) is 10.6 Å². The number of hydrogen-bond acceptors (Lipinski definition) is 4. The van der Waals surface area contributed by atoms with E-state index in [2.05, 4.69) is 10.00 Å². The largest absolute Gasteiger partial charge is 0.351 e. The molecule has 2 aliphatic rings.